The van der Waals surface area contributed by atoms with Crippen molar-refractivity contribution in [1.82, 2.24) is 15.3 Å². The number of hydrogen-bond donors (Lipinski definition) is 2. The van der Waals surface area contributed by atoms with Crippen LogP contribution in [0, 0.1) is 11.8 Å². The second kappa shape index (κ2) is 7.43. The lowest BCUT2D eigenvalue weighted by Crippen LogP contribution is -2.15. The largest absolute Gasteiger partial charge is 0.451 e. The maximum absolute atomic E-state index is 12.1. The van der Waals surface area contributed by atoms with Crippen molar-refractivity contribution >= 4 is 11.1 Å². The van der Waals surface area contributed by atoms with Crippen LogP contribution < -0.4 is 21.2 Å². The van der Waals surface area contributed by atoms with Crippen LogP contribution >= 0.6 is 0 Å². The summed E-state index contributed by atoms with van der Waals surface area (Å²) in [6.07, 6.45) is 0.531. The first-order valence-corrected chi connectivity index (χ1v) is 7.02. The SMILES string of the molecule is CCNCC#CCOc1nc2oc(=O)cc(CC)c2c(=O)[nH]1. The van der Waals surface area contributed by atoms with Gasteiger partial charge in [-0.2, -0.15) is 4.98 Å². The molecule has 0 saturated carbocycles. The van der Waals surface area contributed by atoms with Gasteiger partial charge in [0.15, 0.2) is 6.61 Å². The number of aryl methyl sites for hydroxylation is 1. The third kappa shape index (κ3) is 3.74. The summed E-state index contributed by atoms with van der Waals surface area (Å²) in [5.41, 5.74) is -0.374. The molecule has 7 heteroatoms. The van der Waals surface area contributed by atoms with Crippen molar-refractivity contribution < 1.29 is 9.15 Å². The quantitative estimate of drug-likeness (QED) is 0.614. The fourth-order valence-electron chi connectivity index (χ4n) is 1.88. The number of ether oxygens (including phenoxy) is 1. The van der Waals surface area contributed by atoms with E-state index in [9.17, 15) is 9.59 Å². The highest BCUT2D eigenvalue weighted by Crippen LogP contribution is 2.13. The van der Waals surface area contributed by atoms with Crippen molar-refractivity contribution in [3.8, 4) is 17.9 Å². The topological polar surface area (TPSA) is 97.2 Å². The molecule has 0 unspecified atom stereocenters. The van der Waals surface area contributed by atoms with Gasteiger partial charge in [0.25, 0.3) is 5.56 Å². The molecular formula is C15H17N3O4. The number of aromatic amines is 1. The van der Waals surface area contributed by atoms with Gasteiger partial charge in [0.2, 0.25) is 5.71 Å². The molecule has 0 aromatic carbocycles. The Kier molecular flexibility index (Phi) is 5.33. The van der Waals surface area contributed by atoms with Crippen LogP contribution in [0.3, 0.4) is 0 Å². The number of nitrogens with zero attached hydrogens (tertiary/aromatic N) is 1. The standard InChI is InChI=1S/C15H17N3O4/c1-3-10-9-11(19)22-14-12(10)13(20)17-15(18-14)21-8-6-5-7-16-4-2/h9,16H,3-4,7-8H2,1-2H3,(H,17,18,20). The van der Waals surface area contributed by atoms with Crippen molar-refractivity contribution in [1.29, 1.82) is 0 Å². The van der Waals surface area contributed by atoms with E-state index < -0.39 is 11.2 Å². The number of nitrogens with one attached hydrogen (secondary N) is 2. The minimum atomic E-state index is -0.543. The van der Waals surface area contributed by atoms with Crippen molar-refractivity contribution in [3.63, 3.8) is 0 Å². The third-order valence-electron chi connectivity index (χ3n) is 2.93. The fourth-order valence-corrected chi connectivity index (χ4v) is 1.88. The van der Waals surface area contributed by atoms with E-state index in [0.29, 0.717) is 18.5 Å². The predicted octanol–water partition coefficient (Wildman–Crippen LogP) is 0.430. The molecule has 2 heterocycles. The zero-order valence-electron chi connectivity index (χ0n) is 12.5. The zero-order chi connectivity index (χ0) is 15.9. The maximum Gasteiger partial charge on any atom is 0.337 e. The molecule has 2 aromatic heterocycles. The first kappa shape index (κ1) is 15.8. The van der Waals surface area contributed by atoms with E-state index in [2.05, 4.69) is 27.1 Å². The van der Waals surface area contributed by atoms with Gasteiger partial charge in [-0.15, -0.1) is 0 Å². The van der Waals surface area contributed by atoms with Crippen molar-refractivity contribution in [2.45, 2.75) is 20.3 Å². The molecule has 0 bridgehead atoms. The van der Waals surface area contributed by atoms with E-state index >= 15 is 0 Å². The summed E-state index contributed by atoms with van der Waals surface area (Å²) in [5.74, 6) is 5.64. The van der Waals surface area contributed by atoms with Crippen molar-refractivity contribution in [2.75, 3.05) is 19.7 Å². The average molecular weight is 303 g/mol. The monoisotopic (exact) mass is 303 g/mol. The molecule has 0 aliphatic carbocycles. The minimum absolute atomic E-state index is 0.0216. The number of H-pyrrole nitrogens is 1. The highest BCUT2D eigenvalue weighted by atomic mass is 16.5. The molecule has 2 N–H and O–H groups in total. The number of aromatic nitrogens is 2. The van der Waals surface area contributed by atoms with Crippen LogP contribution in [0.25, 0.3) is 11.1 Å². The van der Waals surface area contributed by atoms with Crippen LogP contribution in [0.5, 0.6) is 6.01 Å². The molecule has 7 nitrogen and oxygen atoms in total. The lowest BCUT2D eigenvalue weighted by molar-refractivity contribution is 0.337. The molecule has 0 amide bonds. The minimum Gasteiger partial charge on any atom is -0.451 e. The summed E-state index contributed by atoms with van der Waals surface area (Å²) in [7, 11) is 0. The Morgan fingerprint density at radius 2 is 2.18 bits per heavy atom. The summed E-state index contributed by atoms with van der Waals surface area (Å²) in [6.45, 7) is 5.32. The van der Waals surface area contributed by atoms with Crippen LogP contribution in [0.4, 0.5) is 0 Å². The molecule has 0 saturated heterocycles. The molecule has 2 aromatic rings. The molecule has 0 radical (unpaired) electrons. The fraction of sp³-hybridized carbons (Fsp3) is 0.400. The summed E-state index contributed by atoms with van der Waals surface area (Å²) in [5, 5.41) is 3.32. The Morgan fingerprint density at radius 1 is 1.36 bits per heavy atom. The van der Waals surface area contributed by atoms with E-state index in [4.69, 9.17) is 9.15 Å². The maximum atomic E-state index is 12.1. The van der Waals surface area contributed by atoms with Crippen LogP contribution in [0.1, 0.15) is 19.4 Å². The first-order chi connectivity index (χ1) is 10.7. The molecule has 0 fully saturated rings. The normalized spacial score (nSPS) is 10.3. The van der Waals surface area contributed by atoms with E-state index in [1.165, 1.54) is 6.07 Å². The summed E-state index contributed by atoms with van der Waals surface area (Å²) < 4.78 is 10.2. The number of rotatable bonds is 5. The highest BCUT2D eigenvalue weighted by molar-refractivity contribution is 5.75. The van der Waals surface area contributed by atoms with Gasteiger partial charge in [-0.05, 0) is 18.5 Å². The molecule has 2 rings (SSSR count). The lowest BCUT2D eigenvalue weighted by Gasteiger charge is -2.04. The summed E-state index contributed by atoms with van der Waals surface area (Å²) >= 11 is 0. The molecule has 0 spiro atoms. The zero-order valence-corrected chi connectivity index (χ0v) is 12.5. The summed E-state index contributed by atoms with van der Waals surface area (Å²) in [4.78, 5) is 30.1. The Balaban J connectivity index is 2.24. The van der Waals surface area contributed by atoms with Gasteiger partial charge in [0, 0.05) is 6.07 Å². The van der Waals surface area contributed by atoms with E-state index in [-0.39, 0.29) is 23.7 Å². The Morgan fingerprint density at radius 3 is 2.91 bits per heavy atom. The highest BCUT2D eigenvalue weighted by Gasteiger charge is 2.11. The molecule has 22 heavy (non-hydrogen) atoms. The Hall–Kier alpha value is -2.59. The van der Waals surface area contributed by atoms with Crippen LogP contribution in [-0.2, 0) is 6.42 Å². The van der Waals surface area contributed by atoms with Crippen LogP contribution in [0.2, 0.25) is 0 Å². The van der Waals surface area contributed by atoms with Crippen molar-refractivity contribution in [2.24, 2.45) is 0 Å². The lowest BCUT2D eigenvalue weighted by atomic mass is 10.1. The van der Waals surface area contributed by atoms with Crippen LogP contribution in [0.15, 0.2) is 20.1 Å². The van der Waals surface area contributed by atoms with Crippen LogP contribution in [-0.4, -0.2) is 29.7 Å². The van der Waals surface area contributed by atoms with Gasteiger partial charge in [0.1, 0.15) is 5.39 Å². The third-order valence-corrected chi connectivity index (χ3v) is 2.93. The molecule has 0 aliphatic heterocycles. The van der Waals surface area contributed by atoms with Gasteiger partial charge in [0.05, 0.1) is 6.54 Å². The molecule has 0 aliphatic rings. The number of hydrogen-bond acceptors (Lipinski definition) is 6. The summed E-state index contributed by atoms with van der Waals surface area (Å²) in [6, 6.07) is 1.28. The van der Waals surface area contributed by atoms with Crippen molar-refractivity contribution in [3.05, 3.63) is 32.4 Å². The molecular weight excluding hydrogens is 286 g/mol. The molecule has 0 atom stereocenters. The first-order valence-electron chi connectivity index (χ1n) is 7.02. The smallest absolute Gasteiger partial charge is 0.337 e. The van der Waals surface area contributed by atoms with Gasteiger partial charge in [-0.3, -0.25) is 9.78 Å². The van der Waals surface area contributed by atoms with Gasteiger partial charge in [-0.25, -0.2) is 4.79 Å². The second-order valence-corrected chi connectivity index (χ2v) is 4.42. The van der Waals surface area contributed by atoms with Gasteiger partial charge < -0.3 is 14.5 Å². The Bertz CT molecular complexity index is 827. The van der Waals surface area contributed by atoms with E-state index in [0.717, 1.165) is 6.54 Å². The van der Waals surface area contributed by atoms with Gasteiger partial charge in [-0.1, -0.05) is 25.7 Å². The van der Waals surface area contributed by atoms with Gasteiger partial charge >= 0.3 is 11.6 Å². The Labute approximate surface area is 126 Å². The number of fused-ring (bicyclic) bond motifs is 1. The predicted molar refractivity (Wildman–Crippen MR) is 82.1 cm³/mol. The molecule has 116 valence electrons. The van der Waals surface area contributed by atoms with E-state index in [1.54, 1.807) is 0 Å². The second-order valence-electron chi connectivity index (χ2n) is 4.42. The average Bonchev–Trinajstić information content (AvgIpc) is 2.49. The van der Waals surface area contributed by atoms with E-state index in [1.807, 2.05) is 13.8 Å².